The number of aromatic nitrogens is 2. The molecule has 0 atom stereocenters. The van der Waals surface area contributed by atoms with E-state index in [2.05, 4.69) is 72.1 Å². The lowest BCUT2D eigenvalue weighted by Gasteiger charge is -2.14. The largest absolute Gasteiger partial charge is 0.372 e. The topological polar surface area (TPSA) is 37.8 Å². The van der Waals surface area contributed by atoms with Crippen LogP contribution in [0.5, 0.6) is 0 Å². The van der Waals surface area contributed by atoms with Crippen molar-refractivity contribution in [3.8, 4) is 11.4 Å². The highest BCUT2D eigenvalue weighted by molar-refractivity contribution is 9.10. The molecule has 3 nitrogen and oxygen atoms in total. The minimum atomic E-state index is 0.337. The average Bonchev–Trinajstić information content (AvgIpc) is 2.39. The van der Waals surface area contributed by atoms with Crippen LogP contribution in [0.15, 0.2) is 22.7 Å². The van der Waals surface area contributed by atoms with Gasteiger partial charge in [-0.15, -0.1) is 0 Å². The van der Waals surface area contributed by atoms with Crippen LogP contribution in [-0.2, 0) is 0 Å². The van der Waals surface area contributed by atoms with Crippen LogP contribution < -0.4 is 5.32 Å². The third-order valence-electron chi connectivity index (χ3n) is 3.28. The summed E-state index contributed by atoms with van der Waals surface area (Å²) in [6.45, 7) is 8.47. The summed E-state index contributed by atoms with van der Waals surface area (Å²) < 4.78 is 0.948. The summed E-state index contributed by atoms with van der Waals surface area (Å²) in [6, 6.07) is 6.36. The highest BCUT2D eigenvalue weighted by Gasteiger charge is 2.16. The minimum absolute atomic E-state index is 0.337. The molecule has 1 N–H and O–H groups in total. The Bertz CT molecular complexity index is 636. The second-order valence-electron chi connectivity index (χ2n) is 5.32. The van der Waals surface area contributed by atoms with Crippen LogP contribution in [0, 0.1) is 13.8 Å². The number of hydrogen-bond donors (Lipinski definition) is 1. The monoisotopic (exact) mass is 333 g/mol. The molecule has 0 aliphatic heterocycles. The van der Waals surface area contributed by atoms with Gasteiger partial charge < -0.3 is 5.32 Å². The van der Waals surface area contributed by atoms with Gasteiger partial charge in [-0.2, -0.15) is 0 Å². The third-order valence-corrected chi connectivity index (χ3v) is 4.07. The Hall–Kier alpha value is -1.42. The summed E-state index contributed by atoms with van der Waals surface area (Å²) in [5.74, 6) is 1.95. The van der Waals surface area contributed by atoms with Gasteiger partial charge in [0.2, 0.25) is 0 Å². The van der Waals surface area contributed by atoms with E-state index in [1.54, 1.807) is 0 Å². The first-order valence-electron chi connectivity index (χ1n) is 6.76. The average molecular weight is 334 g/mol. The SMILES string of the molecule is CNc1nc(-c2ccc(C)cc2C)nc(C(C)C)c1Br. The zero-order valence-corrected chi connectivity index (χ0v) is 14.2. The molecule has 1 heterocycles. The van der Waals surface area contributed by atoms with Crippen molar-refractivity contribution in [1.29, 1.82) is 0 Å². The van der Waals surface area contributed by atoms with Gasteiger partial charge in [0.1, 0.15) is 5.82 Å². The predicted octanol–water partition coefficient (Wildman–Crippen LogP) is 4.69. The van der Waals surface area contributed by atoms with Gasteiger partial charge in [-0.25, -0.2) is 9.97 Å². The van der Waals surface area contributed by atoms with Crippen LogP contribution >= 0.6 is 15.9 Å². The van der Waals surface area contributed by atoms with Crippen LogP contribution in [0.1, 0.15) is 36.6 Å². The zero-order valence-electron chi connectivity index (χ0n) is 12.6. The van der Waals surface area contributed by atoms with Gasteiger partial charge in [0, 0.05) is 12.6 Å². The van der Waals surface area contributed by atoms with E-state index < -0.39 is 0 Å². The quantitative estimate of drug-likeness (QED) is 0.885. The highest BCUT2D eigenvalue weighted by Crippen LogP contribution is 2.32. The number of nitrogens with one attached hydrogen (secondary N) is 1. The molecule has 0 saturated carbocycles. The van der Waals surface area contributed by atoms with Crippen LogP contribution in [-0.4, -0.2) is 17.0 Å². The summed E-state index contributed by atoms with van der Waals surface area (Å²) in [5.41, 5.74) is 4.56. The lowest BCUT2D eigenvalue weighted by molar-refractivity contribution is 0.810. The Morgan fingerprint density at radius 2 is 1.85 bits per heavy atom. The molecular weight excluding hydrogens is 314 g/mol. The summed E-state index contributed by atoms with van der Waals surface area (Å²) in [4.78, 5) is 9.37. The Morgan fingerprint density at radius 1 is 1.15 bits per heavy atom. The van der Waals surface area contributed by atoms with E-state index in [1.807, 2.05) is 7.05 Å². The van der Waals surface area contributed by atoms with Gasteiger partial charge in [0.25, 0.3) is 0 Å². The highest BCUT2D eigenvalue weighted by atomic mass is 79.9. The Balaban J connectivity index is 2.65. The van der Waals surface area contributed by atoms with Gasteiger partial charge in [0.05, 0.1) is 10.2 Å². The Labute approximate surface area is 129 Å². The number of benzene rings is 1. The van der Waals surface area contributed by atoms with Crippen molar-refractivity contribution in [3.05, 3.63) is 39.5 Å². The number of nitrogens with zero attached hydrogens (tertiary/aromatic N) is 2. The molecule has 0 aliphatic carbocycles. The fourth-order valence-electron chi connectivity index (χ4n) is 2.20. The first-order valence-corrected chi connectivity index (χ1v) is 7.56. The second kappa shape index (κ2) is 5.92. The van der Waals surface area contributed by atoms with E-state index in [9.17, 15) is 0 Å². The maximum absolute atomic E-state index is 4.74. The lowest BCUT2D eigenvalue weighted by atomic mass is 10.0. The molecule has 0 spiro atoms. The van der Waals surface area contributed by atoms with Crippen molar-refractivity contribution < 1.29 is 0 Å². The van der Waals surface area contributed by atoms with Gasteiger partial charge in [-0.3, -0.25) is 0 Å². The predicted molar refractivity (Wildman–Crippen MR) is 88.3 cm³/mol. The van der Waals surface area contributed by atoms with E-state index in [0.717, 1.165) is 27.4 Å². The van der Waals surface area contributed by atoms with Gasteiger partial charge in [-0.05, 0) is 41.3 Å². The summed E-state index contributed by atoms with van der Waals surface area (Å²) in [5, 5.41) is 3.13. The molecule has 0 amide bonds. The molecule has 1 aromatic heterocycles. The molecule has 0 fully saturated rings. The van der Waals surface area contributed by atoms with Crippen LogP contribution in [0.2, 0.25) is 0 Å². The third kappa shape index (κ3) is 2.85. The number of halogens is 1. The molecule has 4 heteroatoms. The zero-order chi connectivity index (χ0) is 14.9. The van der Waals surface area contributed by atoms with Crippen LogP contribution in [0.4, 0.5) is 5.82 Å². The molecule has 2 rings (SSSR count). The Morgan fingerprint density at radius 3 is 2.40 bits per heavy atom. The number of rotatable bonds is 3. The summed E-state index contributed by atoms with van der Waals surface area (Å²) in [7, 11) is 1.88. The van der Waals surface area contributed by atoms with E-state index in [4.69, 9.17) is 4.98 Å². The summed E-state index contributed by atoms with van der Waals surface area (Å²) >= 11 is 3.59. The lowest BCUT2D eigenvalue weighted by Crippen LogP contribution is -2.05. The van der Waals surface area contributed by atoms with E-state index in [-0.39, 0.29) is 0 Å². The molecule has 0 bridgehead atoms. The first-order chi connectivity index (χ1) is 9.43. The number of anilines is 1. The summed E-state index contributed by atoms with van der Waals surface area (Å²) in [6.07, 6.45) is 0. The maximum atomic E-state index is 4.74. The molecule has 0 saturated heterocycles. The molecule has 20 heavy (non-hydrogen) atoms. The van der Waals surface area contributed by atoms with Crippen molar-refractivity contribution >= 4 is 21.7 Å². The normalized spacial score (nSPS) is 10.9. The Kier molecular flexibility index (Phi) is 4.43. The van der Waals surface area contributed by atoms with Gasteiger partial charge >= 0.3 is 0 Å². The molecule has 0 aliphatic rings. The second-order valence-corrected chi connectivity index (χ2v) is 6.11. The van der Waals surface area contributed by atoms with Crippen molar-refractivity contribution in [1.82, 2.24) is 9.97 Å². The molecule has 1 aromatic carbocycles. The van der Waals surface area contributed by atoms with E-state index in [0.29, 0.717) is 5.92 Å². The number of aryl methyl sites for hydroxylation is 2. The van der Waals surface area contributed by atoms with Crippen molar-refractivity contribution in [3.63, 3.8) is 0 Å². The molecule has 0 unspecified atom stereocenters. The maximum Gasteiger partial charge on any atom is 0.162 e. The minimum Gasteiger partial charge on any atom is -0.372 e. The number of hydrogen-bond acceptors (Lipinski definition) is 3. The van der Waals surface area contributed by atoms with Gasteiger partial charge in [-0.1, -0.05) is 37.6 Å². The first kappa shape index (κ1) is 15.0. The van der Waals surface area contributed by atoms with Crippen LogP contribution in [0.3, 0.4) is 0 Å². The fourth-order valence-corrected chi connectivity index (χ4v) is 3.03. The molecule has 106 valence electrons. The van der Waals surface area contributed by atoms with E-state index >= 15 is 0 Å². The smallest absolute Gasteiger partial charge is 0.162 e. The van der Waals surface area contributed by atoms with E-state index in [1.165, 1.54) is 11.1 Å². The molecule has 0 radical (unpaired) electrons. The fraction of sp³-hybridized carbons (Fsp3) is 0.375. The molecular formula is C16H20BrN3. The van der Waals surface area contributed by atoms with Crippen molar-refractivity contribution in [2.75, 3.05) is 12.4 Å². The van der Waals surface area contributed by atoms with Gasteiger partial charge in [0.15, 0.2) is 5.82 Å². The van der Waals surface area contributed by atoms with Crippen molar-refractivity contribution in [2.24, 2.45) is 0 Å². The molecule has 2 aromatic rings. The standard InChI is InChI=1S/C16H20BrN3/c1-9(2)14-13(17)16(18-5)20-15(19-14)12-7-6-10(3)8-11(12)4/h6-9H,1-5H3,(H,18,19,20). The van der Waals surface area contributed by atoms with Crippen molar-refractivity contribution in [2.45, 2.75) is 33.6 Å². The van der Waals surface area contributed by atoms with Crippen LogP contribution in [0.25, 0.3) is 11.4 Å².